The van der Waals surface area contributed by atoms with E-state index in [4.69, 9.17) is 11.6 Å². The molecular weight excluding hydrogens is 663 g/mol. The molecule has 50 heavy (non-hydrogen) atoms. The van der Waals surface area contributed by atoms with Gasteiger partial charge in [0.1, 0.15) is 23.0 Å². The van der Waals surface area contributed by atoms with E-state index in [0.29, 0.717) is 33.2 Å². The average Bonchev–Trinajstić information content (AvgIpc) is 3.08. The predicted molar refractivity (Wildman–Crippen MR) is 187 cm³/mol. The van der Waals surface area contributed by atoms with E-state index in [2.05, 4.69) is 39.0 Å². The van der Waals surface area contributed by atoms with Gasteiger partial charge in [-0.3, -0.25) is 9.59 Å². The topological polar surface area (TPSA) is 99.0 Å². The second kappa shape index (κ2) is 16.7. The molecule has 0 aliphatic rings. The Hall–Kier alpha value is -5.63. The number of carbonyl (C=O) groups is 2. The van der Waals surface area contributed by atoms with Crippen molar-refractivity contribution in [1.29, 1.82) is 5.26 Å². The van der Waals surface area contributed by atoms with E-state index in [1.807, 2.05) is 57.2 Å². The molecular formula is C39H35ClF3N5O2. The second-order valence-electron chi connectivity index (χ2n) is 12.7. The number of benzene rings is 2. The lowest BCUT2D eigenvalue weighted by molar-refractivity contribution is -0.208. The van der Waals surface area contributed by atoms with Crippen LogP contribution in [0.5, 0.6) is 0 Å². The lowest BCUT2D eigenvalue weighted by Crippen LogP contribution is -2.55. The van der Waals surface area contributed by atoms with Crippen LogP contribution in [0.1, 0.15) is 83.4 Å². The Kier molecular flexibility index (Phi) is 12.9. The summed E-state index contributed by atoms with van der Waals surface area (Å²) in [7, 11) is 1.10. The fourth-order valence-corrected chi connectivity index (χ4v) is 4.01. The van der Waals surface area contributed by atoms with Gasteiger partial charge in [0.25, 0.3) is 11.8 Å². The molecule has 2 heterocycles. The first-order valence-corrected chi connectivity index (χ1v) is 15.6. The minimum absolute atomic E-state index is 0.0381. The monoisotopic (exact) mass is 697 g/mol. The fourth-order valence-electron chi connectivity index (χ4n) is 3.82. The summed E-state index contributed by atoms with van der Waals surface area (Å²) in [5.74, 6) is 10.6. The number of hydrogen-bond acceptors (Lipinski definition) is 5. The van der Waals surface area contributed by atoms with E-state index >= 15 is 0 Å². The molecule has 7 nitrogen and oxygen atoms in total. The zero-order chi connectivity index (χ0) is 37.1. The smallest absolute Gasteiger partial charge is 0.350 e. The second-order valence-corrected chi connectivity index (χ2v) is 13.1. The first-order chi connectivity index (χ1) is 23.4. The molecule has 0 unspecified atom stereocenters. The molecule has 1 N–H and O–H groups in total. The lowest BCUT2D eigenvalue weighted by Gasteiger charge is -2.36. The van der Waals surface area contributed by atoms with Crippen LogP contribution in [0.15, 0.2) is 85.2 Å². The van der Waals surface area contributed by atoms with E-state index in [0.717, 1.165) is 26.5 Å². The highest BCUT2D eigenvalue weighted by molar-refractivity contribution is 6.30. The van der Waals surface area contributed by atoms with Gasteiger partial charge in [-0.25, -0.2) is 9.97 Å². The summed E-state index contributed by atoms with van der Waals surface area (Å²) in [6, 6.07) is 23.0. The Morgan fingerprint density at radius 2 is 1.40 bits per heavy atom. The standard InChI is InChI=1S/C20H19N3O.C19H16ClF3N2O/c1-20(2,3)14-23-19(24)18-17(12-21)11-16(13-22-18)10-9-15-7-5-4-6-8-15;1-18(2,19(21,22)23)25(3)17(26)16-10-9-14(12-24-16)8-7-13-5-4-6-15(20)11-13/h4-8,11,13H,14H2,1-3H3,(H,23,24);4-6,9-12H,1-3H3. The summed E-state index contributed by atoms with van der Waals surface area (Å²) in [6.07, 6.45) is -1.69. The van der Waals surface area contributed by atoms with Crippen molar-refractivity contribution in [2.75, 3.05) is 13.6 Å². The SMILES string of the molecule is CC(C)(C)CNC(=O)c1ncc(C#Cc2ccccc2)cc1C#N.CN(C(=O)c1ccc(C#Cc2cccc(Cl)c2)cn1)C(C)(C)C(F)(F)F. The zero-order valence-electron chi connectivity index (χ0n) is 28.4. The average molecular weight is 698 g/mol. The van der Waals surface area contributed by atoms with Gasteiger partial charge in [0, 0.05) is 53.3 Å². The Labute approximate surface area is 295 Å². The zero-order valence-corrected chi connectivity index (χ0v) is 29.2. The number of aromatic nitrogens is 2. The van der Waals surface area contributed by atoms with E-state index in [-0.39, 0.29) is 28.3 Å². The number of rotatable bonds is 4. The van der Waals surface area contributed by atoms with Crippen molar-refractivity contribution in [2.24, 2.45) is 5.41 Å². The molecule has 256 valence electrons. The summed E-state index contributed by atoms with van der Waals surface area (Å²) in [6.45, 7) is 8.45. The van der Waals surface area contributed by atoms with Gasteiger partial charge < -0.3 is 10.2 Å². The molecule has 0 spiro atoms. The number of nitrogens with one attached hydrogen (secondary N) is 1. The Balaban J connectivity index is 0.000000271. The van der Waals surface area contributed by atoms with E-state index in [1.54, 1.807) is 30.3 Å². The highest BCUT2D eigenvalue weighted by Gasteiger charge is 2.52. The molecule has 0 fully saturated rings. The highest BCUT2D eigenvalue weighted by atomic mass is 35.5. The molecule has 0 saturated carbocycles. The molecule has 0 atom stereocenters. The van der Waals surface area contributed by atoms with Gasteiger partial charge in [-0.1, -0.05) is 80.3 Å². The molecule has 11 heteroatoms. The molecule has 4 rings (SSSR count). The van der Waals surface area contributed by atoms with Gasteiger partial charge in [-0.05, 0) is 67.8 Å². The number of nitrogens with zero attached hydrogens (tertiary/aromatic N) is 4. The summed E-state index contributed by atoms with van der Waals surface area (Å²) in [5.41, 5.74) is 0.640. The third-order valence-corrected chi connectivity index (χ3v) is 7.36. The van der Waals surface area contributed by atoms with Crippen LogP contribution in [-0.4, -0.2) is 52.0 Å². The molecule has 2 amide bonds. The number of carbonyl (C=O) groups excluding carboxylic acids is 2. The van der Waals surface area contributed by atoms with Crippen LogP contribution in [0.4, 0.5) is 13.2 Å². The molecule has 0 aliphatic carbocycles. The van der Waals surface area contributed by atoms with Crippen molar-refractivity contribution in [2.45, 2.75) is 46.3 Å². The Morgan fingerprint density at radius 1 is 0.800 bits per heavy atom. The number of nitriles is 1. The van der Waals surface area contributed by atoms with Crippen molar-refractivity contribution in [3.05, 3.63) is 129 Å². The minimum atomic E-state index is -4.56. The molecule has 0 saturated heterocycles. The number of amides is 2. The van der Waals surface area contributed by atoms with Gasteiger partial charge in [0.2, 0.25) is 0 Å². The normalized spacial score (nSPS) is 10.9. The number of halogens is 4. The van der Waals surface area contributed by atoms with Crippen molar-refractivity contribution in [1.82, 2.24) is 20.2 Å². The van der Waals surface area contributed by atoms with E-state index in [1.165, 1.54) is 24.5 Å². The van der Waals surface area contributed by atoms with Gasteiger partial charge in [-0.2, -0.15) is 18.4 Å². The third kappa shape index (κ3) is 11.2. The first-order valence-electron chi connectivity index (χ1n) is 15.3. The summed E-state index contributed by atoms with van der Waals surface area (Å²) in [4.78, 5) is 33.2. The molecule has 0 bridgehead atoms. The third-order valence-electron chi connectivity index (χ3n) is 7.12. The van der Waals surface area contributed by atoms with E-state index < -0.39 is 17.6 Å². The lowest BCUT2D eigenvalue weighted by atomic mass is 9.97. The van der Waals surface area contributed by atoms with Crippen molar-refractivity contribution < 1.29 is 22.8 Å². The maximum absolute atomic E-state index is 13.1. The maximum atomic E-state index is 13.1. The van der Waals surface area contributed by atoms with Crippen LogP contribution < -0.4 is 5.32 Å². The predicted octanol–water partition coefficient (Wildman–Crippen LogP) is 7.68. The van der Waals surface area contributed by atoms with Gasteiger partial charge in [0.05, 0.1) is 5.56 Å². The van der Waals surface area contributed by atoms with Gasteiger partial charge in [-0.15, -0.1) is 0 Å². The van der Waals surface area contributed by atoms with Crippen molar-refractivity contribution >= 4 is 23.4 Å². The first kappa shape index (κ1) is 38.8. The van der Waals surface area contributed by atoms with Crippen molar-refractivity contribution in [3.8, 4) is 29.8 Å². The molecule has 4 aromatic rings. The fraction of sp³-hybridized carbons (Fsp3) is 0.256. The van der Waals surface area contributed by atoms with Gasteiger partial charge >= 0.3 is 6.18 Å². The van der Waals surface area contributed by atoms with Gasteiger partial charge in [0.15, 0.2) is 0 Å². The van der Waals surface area contributed by atoms with Crippen LogP contribution in [0, 0.1) is 40.4 Å². The highest BCUT2D eigenvalue weighted by Crippen LogP contribution is 2.34. The number of alkyl halides is 3. The van der Waals surface area contributed by atoms with Crippen LogP contribution in [-0.2, 0) is 0 Å². The number of hydrogen-bond donors (Lipinski definition) is 1. The summed E-state index contributed by atoms with van der Waals surface area (Å²) in [5, 5.41) is 12.7. The molecule has 2 aromatic heterocycles. The van der Waals surface area contributed by atoms with E-state index in [9.17, 15) is 28.0 Å². The molecule has 0 aliphatic heterocycles. The largest absolute Gasteiger partial charge is 0.411 e. The molecule has 2 aromatic carbocycles. The Morgan fingerprint density at radius 3 is 1.98 bits per heavy atom. The minimum Gasteiger partial charge on any atom is -0.350 e. The molecule has 0 radical (unpaired) electrons. The van der Waals surface area contributed by atoms with Crippen LogP contribution in [0.2, 0.25) is 5.02 Å². The quantitative estimate of drug-likeness (QED) is 0.221. The maximum Gasteiger partial charge on any atom is 0.411 e. The van der Waals surface area contributed by atoms with Crippen LogP contribution >= 0.6 is 11.6 Å². The van der Waals surface area contributed by atoms with Crippen LogP contribution in [0.3, 0.4) is 0 Å². The number of pyridine rings is 2. The Bertz CT molecular complexity index is 1990. The van der Waals surface area contributed by atoms with Crippen LogP contribution in [0.25, 0.3) is 0 Å². The summed E-state index contributed by atoms with van der Waals surface area (Å²) < 4.78 is 39.2. The van der Waals surface area contributed by atoms with Crippen molar-refractivity contribution in [3.63, 3.8) is 0 Å². The summed E-state index contributed by atoms with van der Waals surface area (Å²) >= 11 is 5.88.